The number of carbonyl (C=O) groups excluding carboxylic acids is 1. The zero-order chi connectivity index (χ0) is 18.8. The largest absolute Gasteiger partial charge is 0.497 e. The van der Waals surface area contributed by atoms with Gasteiger partial charge in [0.15, 0.2) is 10.8 Å². The molecule has 2 N–H and O–H groups in total. The summed E-state index contributed by atoms with van der Waals surface area (Å²) in [4.78, 5) is 33.0. The molecule has 0 aliphatic rings. The number of ether oxygens (including phenoxy) is 1. The molecule has 8 heteroatoms. The summed E-state index contributed by atoms with van der Waals surface area (Å²) < 4.78 is 5.04. The molecule has 25 heavy (non-hydrogen) atoms. The van der Waals surface area contributed by atoms with Crippen LogP contribution in [0.2, 0.25) is 0 Å². The molecule has 2 aromatic heterocycles. The summed E-state index contributed by atoms with van der Waals surface area (Å²) in [6.07, 6.45) is 0.763. The molecular formula is C17H21N3O4S. The fourth-order valence-electron chi connectivity index (χ4n) is 2.24. The van der Waals surface area contributed by atoms with Crippen molar-refractivity contribution in [1.82, 2.24) is 9.97 Å². The molecule has 0 fully saturated rings. The van der Waals surface area contributed by atoms with Gasteiger partial charge in [0.1, 0.15) is 11.4 Å². The van der Waals surface area contributed by atoms with E-state index in [-0.39, 0.29) is 22.6 Å². The summed E-state index contributed by atoms with van der Waals surface area (Å²) in [6.45, 7) is 8.29. The van der Waals surface area contributed by atoms with Crippen LogP contribution >= 0.6 is 11.3 Å². The van der Waals surface area contributed by atoms with Crippen LogP contribution in [0.3, 0.4) is 0 Å². The number of aromatic carboxylic acids is 1. The van der Waals surface area contributed by atoms with Gasteiger partial charge < -0.3 is 9.84 Å². The minimum atomic E-state index is -1.23. The lowest BCUT2D eigenvalue weighted by molar-refractivity contribution is 0.0690. The molecule has 0 atom stereocenters. The van der Waals surface area contributed by atoms with E-state index in [2.05, 4.69) is 36.1 Å². The minimum Gasteiger partial charge on any atom is -0.497 e. The molecule has 0 unspecified atom stereocenters. The number of thiazole rings is 1. The third-order valence-corrected chi connectivity index (χ3v) is 4.86. The average Bonchev–Trinajstić information content (AvgIpc) is 2.97. The van der Waals surface area contributed by atoms with Crippen molar-refractivity contribution in [1.29, 1.82) is 0 Å². The minimum absolute atomic E-state index is 0.0395. The predicted molar refractivity (Wildman–Crippen MR) is 95.9 cm³/mol. The second kappa shape index (κ2) is 7.18. The highest BCUT2D eigenvalue weighted by Crippen LogP contribution is 2.34. The fourth-order valence-corrected chi connectivity index (χ4v) is 3.35. The van der Waals surface area contributed by atoms with Gasteiger partial charge in [-0.3, -0.25) is 10.1 Å². The van der Waals surface area contributed by atoms with E-state index < -0.39 is 11.9 Å². The highest BCUT2D eigenvalue weighted by Gasteiger charge is 2.23. The van der Waals surface area contributed by atoms with Crippen molar-refractivity contribution in [2.24, 2.45) is 0 Å². The molecule has 1 amide bonds. The first kappa shape index (κ1) is 18.9. The standard InChI is InChI=1S/C17H21N3O4S/c1-6-10-13(17(2,3)4)25-16(19-10)20-14(21)11-7-9(24-5)8-12(18-11)15(22)23/h7-8H,6H2,1-5H3,(H,22,23)(H,19,20,21). The van der Waals surface area contributed by atoms with Crippen molar-refractivity contribution < 1.29 is 19.4 Å². The number of methoxy groups -OCH3 is 1. The van der Waals surface area contributed by atoms with Crippen LogP contribution in [0.25, 0.3) is 0 Å². The van der Waals surface area contributed by atoms with Crippen LogP contribution in [-0.4, -0.2) is 34.1 Å². The van der Waals surface area contributed by atoms with E-state index in [0.29, 0.717) is 5.13 Å². The Kier molecular flexibility index (Phi) is 5.42. The average molecular weight is 363 g/mol. The maximum Gasteiger partial charge on any atom is 0.354 e. The van der Waals surface area contributed by atoms with Crippen molar-refractivity contribution >= 4 is 28.3 Å². The van der Waals surface area contributed by atoms with Crippen molar-refractivity contribution in [2.75, 3.05) is 12.4 Å². The molecule has 0 saturated heterocycles. The number of nitrogens with zero attached hydrogens (tertiary/aromatic N) is 2. The van der Waals surface area contributed by atoms with E-state index in [1.807, 2.05) is 6.92 Å². The van der Waals surface area contributed by atoms with Crippen LogP contribution in [0.15, 0.2) is 12.1 Å². The van der Waals surface area contributed by atoms with Gasteiger partial charge in [0.05, 0.1) is 12.8 Å². The molecule has 0 aliphatic heterocycles. The normalized spacial score (nSPS) is 11.2. The Morgan fingerprint density at radius 2 is 1.88 bits per heavy atom. The van der Waals surface area contributed by atoms with Crippen LogP contribution in [0, 0.1) is 0 Å². The number of hydrogen-bond acceptors (Lipinski definition) is 6. The second-order valence-corrected chi connectivity index (χ2v) is 7.43. The molecule has 0 bridgehead atoms. The van der Waals surface area contributed by atoms with Gasteiger partial charge in [-0.1, -0.05) is 27.7 Å². The molecule has 0 saturated carbocycles. The number of carbonyl (C=O) groups is 2. The van der Waals surface area contributed by atoms with E-state index in [4.69, 9.17) is 9.84 Å². The Labute approximate surface area is 150 Å². The van der Waals surface area contributed by atoms with Crippen molar-refractivity contribution in [2.45, 2.75) is 39.5 Å². The lowest BCUT2D eigenvalue weighted by atomic mass is 9.93. The fraction of sp³-hybridized carbons (Fsp3) is 0.412. The van der Waals surface area contributed by atoms with Gasteiger partial charge in [0, 0.05) is 17.0 Å². The maximum atomic E-state index is 12.5. The van der Waals surface area contributed by atoms with Crippen LogP contribution in [0.1, 0.15) is 59.2 Å². The quantitative estimate of drug-likeness (QED) is 0.845. The smallest absolute Gasteiger partial charge is 0.354 e. The maximum absolute atomic E-state index is 12.5. The number of rotatable bonds is 5. The zero-order valence-electron chi connectivity index (χ0n) is 14.8. The molecule has 2 heterocycles. The number of aromatic nitrogens is 2. The monoisotopic (exact) mass is 363 g/mol. The van der Waals surface area contributed by atoms with Crippen molar-refractivity contribution in [3.8, 4) is 5.75 Å². The zero-order valence-corrected chi connectivity index (χ0v) is 15.7. The number of pyridine rings is 1. The van der Waals surface area contributed by atoms with Gasteiger partial charge in [-0.15, -0.1) is 11.3 Å². The summed E-state index contributed by atoms with van der Waals surface area (Å²) in [5.41, 5.74) is 0.574. The Hall–Kier alpha value is -2.48. The van der Waals surface area contributed by atoms with Gasteiger partial charge in [0.25, 0.3) is 5.91 Å². The summed E-state index contributed by atoms with van der Waals surface area (Å²) >= 11 is 1.42. The number of carboxylic acid groups (broad SMARTS) is 1. The molecule has 7 nitrogen and oxygen atoms in total. The van der Waals surface area contributed by atoms with Gasteiger partial charge in [-0.05, 0) is 11.8 Å². The number of aryl methyl sites for hydroxylation is 1. The van der Waals surface area contributed by atoms with Gasteiger partial charge in [-0.2, -0.15) is 0 Å². The highest BCUT2D eigenvalue weighted by atomic mass is 32.1. The lowest BCUT2D eigenvalue weighted by Crippen LogP contribution is -2.16. The molecule has 0 aliphatic carbocycles. The van der Waals surface area contributed by atoms with Crippen LogP contribution in [-0.2, 0) is 11.8 Å². The molecule has 134 valence electrons. The summed E-state index contributed by atoms with van der Waals surface area (Å²) in [5, 5.41) is 12.3. The van der Waals surface area contributed by atoms with Crippen LogP contribution in [0.5, 0.6) is 5.75 Å². The topological polar surface area (TPSA) is 101 Å². The number of hydrogen-bond donors (Lipinski definition) is 2. The lowest BCUT2D eigenvalue weighted by Gasteiger charge is -2.16. The first-order chi connectivity index (χ1) is 11.7. The molecular weight excluding hydrogens is 342 g/mol. The summed E-state index contributed by atoms with van der Waals surface area (Å²) in [7, 11) is 1.40. The summed E-state index contributed by atoms with van der Waals surface area (Å²) in [5.74, 6) is -1.51. The van der Waals surface area contributed by atoms with E-state index in [1.165, 1.54) is 30.6 Å². The first-order valence-corrected chi connectivity index (χ1v) is 8.58. The molecule has 0 radical (unpaired) electrons. The number of nitrogens with one attached hydrogen (secondary N) is 1. The third kappa shape index (κ3) is 4.33. The van der Waals surface area contributed by atoms with E-state index in [1.54, 1.807) is 0 Å². The molecule has 2 rings (SSSR count). The first-order valence-electron chi connectivity index (χ1n) is 7.76. The summed E-state index contributed by atoms with van der Waals surface area (Å²) in [6, 6.07) is 2.65. The van der Waals surface area contributed by atoms with Crippen molar-refractivity contribution in [3.05, 3.63) is 34.1 Å². The Morgan fingerprint density at radius 3 is 2.36 bits per heavy atom. The van der Waals surface area contributed by atoms with E-state index >= 15 is 0 Å². The second-order valence-electron chi connectivity index (χ2n) is 6.44. The number of anilines is 1. The van der Waals surface area contributed by atoms with E-state index in [9.17, 15) is 9.59 Å². The number of amides is 1. The Balaban J connectivity index is 2.33. The molecule has 0 spiro atoms. The Bertz CT molecular complexity index is 809. The van der Waals surface area contributed by atoms with Gasteiger partial charge >= 0.3 is 5.97 Å². The number of carboxylic acids is 1. The third-order valence-electron chi connectivity index (χ3n) is 3.42. The molecule has 2 aromatic rings. The SMILES string of the molecule is CCc1nc(NC(=O)c2cc(OC)cc(C(=O)O)n2)sc1C(C)(C)C. The van der Waals surface area contributed by atoms with Crippen LogP contribution < -0.4 is 10.1 Å². The van der Waals surface area contributed by atoms with Crippen LogP contribution in [0.4, 0.5) is 5.13 Å². The van der Waals surface area contributed by atoms with Gasteiger partial charge in [-0.25, -0.2) is 14.8 Å². The van der Waals surface area contributed by atoms with Gasteiger partial charge in [0.2, 0.25) is 0 Å². The molecule has 0 aromatic carbocycles. The van der Waals surface area contributed by atoms with Crippen molar-refractivity contribution in [3.63, 3.8) is 0 Å². The Morgan fingerprint density at radius 1 is 1.24 bits per heavy atom. The van der Waals surface area contributed by atoms with E-state index in [0.717, 1.165) is 17.0 Å². The predicted octanol–water partition coefficient (Wildman–Crippen LogP) is 3.36. The highest BCUT2D eigenvalue weighted by molar-refractivity contribution is 7.16.